The molecule has 0 aliphatic carbocycles. The van der Waals surface area contributed by atoms with Gasteiger partial charge in [-0.05, 0) is 24.4 Å². The molecule has 0 radical (unpaired) electrons. The highest BCUT2D eigenvalue weighted by Crippen LogP contribution is 2.09. The number of anilines is 1. The van der Waals surface area contributed by atoms with Gasteiger partial charge in [0.05, 0.1) is 6.54 Å². The highest BCUT2D eigenvalue weighted by atomic mass is 32.2. The molecule has 5 heteroatoms. The molecule has 0 bridgehead atoms. The Balaban J connectivity index is 1.87. The number of para-hydroxylation sites is 1. The van der Waals surface area contributed by atoms with Gasteiger partial charge in [-0.2, -0.15) is 0 Å². The van der Waals surface area contributed by atoms with Crippen LogP contribution >= 0.6 is 24.0 Å². The van der Waals surface area contributed by atoms with E-state index in [9.17, 15) is 0 Å². The number of rotatable bonds is 1. The lowest BCUT2D eigenvalue weighted by Gasteiger charge is -2.09. The van der Waals surface area contributed by atoms with Crippen molar-refractivity contribution in [2.45, 2.75) is 0 Å². The van der Waals surface area contributed by atoms with E-state index in [-0.39, 0.29) is 0 Å². The predicted octanol–water partition coefficient (Wildman–Crippen LogP) is 2.08. The molecule has 1 aromatic carbocycles. The second-order valence-corrected chi connectivity index (χ2v) is 4.47. The SMILES string of the molecule is S=C(NC1=NCCS1)Nc1ccccc1. The Morgan fingerprint density at radius 1 is 1.27 bits per heavy atom. The summed E-state index contributed by atoms with van der Waals surface area (Å²) in [4.78, 5) is 4.26. The van der Waals surface area contributed by atoms with E-state index in [0.717, 1.165) is 23.2 Å². The predicted molar refractivity (Wildman–Crippen MR) is 70.6 cm³/mol. The fraction of sp³-hybridized carbons (Fsp3) is 0.200. The molecule has 15 heavy (non-hydrogen) atoms. The molecule has 2 N–H and O–H groups in total. The van der Waals surface area contributed by atoms with Gasteiger partial charge in [-0.15, -0.1) is 0 Å². The van der Waals surface area contributed by atoms with Crippen molar-refractivity contribution in [2.24, 2.45) is 4.99 Å². The smallest absolute Gasteiger partial charge is 0.176 e. The summed E-state index contributed by atoms with van der Waals surface area (Å²) in [6.45, 7) is 0.876. The van der Waals surface area contributed by atoms with Crippen LogP contribution in [0.4, 0.5) is 5.69 Å². The van der Waals surface area contributed by atoms with Crippen LogP contribution < -0.4 is 10.6 Å². The highest BCUT2D eigenvalue weighted by molar-refractivity contribution is 8.14. The maximum Gasteiger partial charge on any atom is 0.176 e. The first kappa shape index (κ1) is 10.4. The molecule has 2 rings (SSSR count). The Labute approximate surface area is 98.4 Å². The van der Waals surface area contributed by atoms with E-state index >= 15 is 0 Å². The zero-order chi connectivity index (χ0) is 10.5. The second kappa shape index (κ2) is 5.14. The average molecular weight is 237 g/mol. The Morgan fingerprint density at radius 3 is 2.73 bits per heavy atom. The summed E-state index contributed by atoms with van der Waals surface area (Å²) in [5.74, 6) is 1.04. The normalized spacial score (nSPS) is 14.5. The minimum atomic E-state index is 0.592. The monoisotopic (exact) mass is 237 g/mol. The molecule has 1 aliphatic rings. The van der Waals surface area contributed by atoms with Crippen LogP contribution in [0, 0.1) is 0 Å². The summed E-state index contributed by atoms with van der Waals surface area (Å²) < 4.78 is 0. The molecule has 1 aliphatic heterocycles. The van der Waals surface area contributed by atoms with Gasteiger partial charge in [0.15, 0.2) is 10.3 Å². The van der Waals surface area contributed by atoms with Crippen molar-refractivity contribution in [1.29, 1.82) is 0 Å². The van der Waals surface area contributed by atoms with E-state index in [2.05, 4.69) is 15.6 Å². The maximum atomic E-state index is 5.16. The summed E-state index contributed by atoms with van der Waals surface area (Å²) in [7, 11) is 0. The van der Waals surface area contributed by atoms with Gasteiger partial charge in [0.25, 0.3) is 0 Å². The number of nitrogens with one attached hydrogen (secondary N) is 2. The van der Waals surface area contributed by atoms with Crippen LogP contribution in [0.3, 0.4) is 0 Å². The van der Waals surface area contributed by atoms with E-state index in [1.165, 1.54) is 0 Å². The second-order valence-electron chi connectivity index (χ2n) is 2.98. The van der Waals surface area contributed by atoms with Gasteiger partial charge in [-0.3, -0.25) is 4.99 Å². The zero-order valence-corrected chi connectivity index (χ0v) is 9.70. The lowest BCUT2D eigenvalue weighted by atomic mass is 10.3. The number of thiocarbonyl (C=S) groups is 1. The average Bonchev–Trinajstić information content (AvgIpc) is 2.71. The third-order valence-corrected chi connectivity index (χ3v) is 2.93. The standard InChI is InChI=1S/C10H11N3S2/c14-9(13-10-11-6-7-15-10)12-8-4-2-1-3-5-8/h1-5H,6-7H2,(H2,11,12,13,14). The molecule has 1 heterocycles. The first-order valence-corrected chi connectivity index (χ1v) is 6.04. The van der Waals surface area contributed by atoms with E-state index < -0.39 is 0 Å². The van der Waals surface area contributed by atoms with Crippen LogP contribution in [-0.2, 0) is 0 Å². The van der Waals surface area contributed by atoms with Crippen LogP contribution in [-0.4, -0.2) is 22.6 Å². The van der Waals surface area contributed by atoms with E-state index in [1.54, 1.807) is 11.8 Å². The Bertz CT molecular complexity index is 376. The Morgan fingerprint density at radius 2 is 2.07 bits per heavy atom. The van der Waals surface area contributed by atoms with Crippen LogP contribution in [0.15, 0.2) is 35.3 Å². The van der Waals surface area contributed by atoms with Crippen molar-refractivity contribution in [3.8, 4) is 0 Å². The largest absolute Gasteiger partial charge is 0.332 e. The number of aliphatic imine (C=N–C) groups is 1. The van der Waals surface area contributed by atoms with Gasteiger partial charge in [-0.25, -0.2) is 0 Å². The summed E-state index contributed by atoms with van der Waals surface area (Å²) >= 11 is 6.85. The molecule has 0 saturated carbocycles. The molecular formula is C10H11N3S2. The fourth-order valence-electron chi connectivity index (χ4n) is 1.19. The molecule has 0 aromatic heterocycles. The van der Waals surface area contributed by atoms with Gasteiger partial charge in [-0.1, -0.05) is 30.0 Å². The molecule has 78 valence electrons. The molecule has 0 saturated heterocycles. The molecule has 0 spiro atoms. The number of hydrogen-bond donors (Lipinski definition) is 2. The van der Waals surface area contributed by atoms with Crippen molar-refractivity contribution < 1.29 is 0 Å². The van der Waals surface area contributed by atoms with Crippen molar-refractivity contribution in [1.82, 2.24) is 5.32 Å². The molecule has 0 amide bonds. The van der Waals surface area contributed by atoms with Crippen LogP contribution in [0.5, 0.6) is 0 Å². The van der Waals surface area contributed by atoms with E-state index in [1.807, 2.05) is 30.3 Å². The fourth-order valence-corrected chi connectivity index (χ4v) is 2.20. The molecule has 0 unspecified atom stereocenters. The summed E-state index contributed by atoms with van der Waals surface area (Å²) in [6, 6.07) is 9.84. The topological polar surface area (TPSA) is 36.4 Å². The maximum absolute atomic E-state index is 5.16. The minimum Gasteiger partial charge on any atom is -0.332 e. The number of hydrogen-bond acceptors (Lipinski definition) is 3. The lowest BCUT2D eigenvalue weighted by molar-refractivity contribution is 1.16. The van der Waals surface area contributed by atoms with Gasteiger partial charge in [0.2, 0.25) is 0 Å². The quantitative estimate of drug-likeness (QED) is 0.733. The lowest BCUT2D eigenvalue weighted by Crippen LogP contribution is -2.31. The summed E-state index contributed by atoms with van der Waals surface area (Å²) in [5.41, 5.74) is 0.985. The number of thioether (sulfide) groups is 1. The molecule has 3 nitrogen and oxygen atoms in total. The van der Waals surface area contributed by atoms with Gasteiger partial charge in [0, 0.05) is 11.4 Å². The highest BCUT2D eigenvalue weighted by Gasteiger charge is 2.07. The van der Waals surface area contributed by atoms with E-state index in [0.29, 0.717) is 5.11 Å². The summed E-state index contributed by atoms with van der Waals surface area (Å²) in [5, 5.41) is 7.65. The third kappa shape index (κ3) is 3.21. The van der Waals surface area contributed by atoms with Crippen molar-refractivity contribution in [3.63, 3.8) is 0 Å². The van der Waals surface area contributed by atoms with Gasteiger partial charge < -0.3 is 10.6 Å². The first-order chi connectivity index (χ1) is 7.34. The van der Waals surface area contributed by atoms with Crippen molar-refractivity contribution >= 4 is 39.9 Å². The minimum absolute atomic E-state index is 0.592. The van der Waals surface area contributed by atoms with Gasteiger partial charge >= 0.3 is 0 Å². The molecule has 0 fully saturated rings. The van der Waals surface area contributed by atoms with E-state index in [4.69, 9.17) is 12.2 Å². The van der Waals surface area contributed by atoms with Crippen LogP contribution in [0.2, 0.25) is 0 Å². The summed E-state index contributed by atoms with van der Waals surface area (Å²) in [6.07, 6.45) is 0. The zero-order valence-electron chi connectivity index (χ0n) is 8.06. The van der Waals surface area contributed by atoms with Crippen LogP contribution in [0.1, 0.15) is 0 Å². The van der Waals surface area contributed by atoms with Gasteiger partial charge in [0.1, 0.15) is 0 Å². The van der Waals surface area contributed by atoms with Crippen molar-refractivity contribution in [2.75, 3.05) is 17.6 Å². The molecule has 0 atom stereocenters. The number of amidine groups is 1. The van der Waals surface area contributed by atoms with Crippen LogP contribution in [0.25, 0.3) is 0 Å². The van der Waals surface area contributed by atoms with Crippen molar-refractivity contribution in [3.05, 3.63) is 30.3 Å². The molecular weight excluding hydrogens is 226 g/mol. The molecule has 1 aromatic rings. The Hall–Kier alpha value is -1.07. The number of benzene rings is 1. The first-order valence-electron chi connectivity index (χ1n) is 4.65. The number of nitrogens with zero attached hydrogens (tertiary/aromatic N) is 1. The third-order valence-electron chi connectivity index (χ3n) is 1.84. The Kier molecular flexibility index (Phi) is 3.58.